The number of anilines is 1. The van der Waals surface area contributed by atoms with Crippen molar-refractivity contribution in [3.8, 4) is 11.1 Å². The zero-order chi connectivity index (χ0) is 13.9. The molecular formula is C15H14Cl2N2O. The molecule has 2 aliphatic rings. The molecule has 0 saturated heterocycles. The number of nitrogens with zero attached hydrogens (tertiary/aromatic N) is 1. The van der Waals surface area contributed by atoms with E-state index in [0.29, 0.717) is 21.8 Å². The molecule has 3 nitrogen and oxygen atoms in total. The van der Waals surface area contributed by atoms with Crippen molar-refractivity contribution < 1.29 is 4.52 Å². The first-order valence-electron chi connectivity index (χ1n) is 6.84. The Kier molecular flexibility index (Phi) is 2.76. The van der Waals surface area contributed by atoms with Crippen LogP contribution in [0.1, 0.15) is 30.9 Å². The molecule has 0 spiro atoms. The van der Waals surface area contributed by atoms with Crippen LogP contribution in [0.15, 0.2) is 22.7 Å². The smallest absolute Gasteiger partial charge is 0.175 e. The predicted molar refractivity (Wildman–Crippen MR) is 79.9 cm³/mol. The molecule has 2 aromatic rings. The molecule has 0 aliphatic heterocycles. The molecule has 104 valence electrons. The van der Waals surface area contributed by atoms with Gasteiger partial charge in [-0.3, -0.25) is 0 Å². The van der Waals surface area contributed by atoms with Gasteiger partial charge in [-0.1, -0.05) is 34.4 Å². The Morgan fingerprint density at radius 3 is 2.55 bits per heavy atom. The molecule has 20 heavy (non-hydrogen) atoms. The Morgan fingerprint density at radius 1 is 1.10 bits per heavy atom. The van der Waals surface area contributed by atoms with E-state index in [1.807, 2.05) is 12.1 Å². The van der Waals surface area contributed by atoms with Crippen LogP contribution in [0.5, 0.6) is 0 Å². The molecule has 2 N–H and O–H groups in total. The van der Waals surface area contributed by atoms with E-state index in [0.717, 1.165) is 28.7 Å². The van der Waals surface area contributed by atoms with Crippen LogP contribution >= 0.6 is 23.2 Å². The van der Waals surface area contributed by atoms with Crippen LogP contribution in [0.2, 0.25) is 10.0 Å². The van der Waals surface area contributed by atoms with Crippen molar-refractivity contribution in [2.75, 3.05) is 5.73 Å². The van der Waals surface area contributed by atoms with Crippen molar-refractivity contribution in [2.45, 2.75) is 25.2 Å². The normalized spacial score (nSPS) is 27.6. The number of nitrogen functional groups attached to an aromatic ring is 1. The molecule has 1 aromatic heterocycles. The average Bonchev–Trinajstić information content (AvgIpc) is 2.85. The molecule has 5 heteroatoms. The highest BCUT2D eigenvalue weighted by Crippen LogP contribution is 2.58. The van der Waals surface area contributed by atoms with Crippen molar-refractivity contribution in [1.29, 1.82) is 0 Å². The third kappa shape index (κ3) is 1.92. The van der Waals surface area contributed by atoms with Gasteiger partial charge in [0.1, 0.15) is 5.76 Å². The minimum Gasteiger partial charge on any atom is -0.380 e. The van der Waals surface area contributed by atoms with Crippen molar-refractivity contribution in [2.24, 2.45) is 11.8 Å². The van der Waals surface area contributed by atoms with Gasteiger partial charge < -0.3 is 10.3 Å². The van der Waals surface area contributed by atoms with E-state index in [9.17, 15) is 0 Å². The summed E-state index contributed by atoms with van der Waals surface area (Å²) in [6.45, 7) is 0. The van der Waals surface area contributed by atoms with Gasteiger partial charge in [0.05, 0.1) is 15.6 Å². The van der Waals surface area contributed by atoms with Crippen LogP contribution in [0.25, 0.3) is 11.1 Å². The molecule has 1 aromatic carbocycles. The zero-order valence-electron chi connectivity index (χ0n) is 10.8. The second kappa shape index (κ2) is 4.40. The number of aromatic nitrogens is 1. The van der Waals surface area contributed by atoms with E-state index in [4.69, 9.17) is 33.5 Å². The Balaban J connectivity index is 1.76. The maximum absolute atomic E-state index is 6.10. The van der Waals surface area contributed by atoms with Gasteiger partial charge in [0.15, 0.2) is 5.82 Å². The van der Waals surface area contributed by atoms with Crippen LogP contribution in [0.4, 0.5) is 5.82 Å². The number of fused-ring (bicyclic) bond motifs is 1. The van der Waals surface area contributed by atoms with Crippen LogP contribution < -0.4 is 5.73 Å². The Hall–Kier alpha value is -1.19. The number of hydrogen-bond acceptors (Lipinski definition) is 3. The Morgan fingerprint density at radius 2 is 1.85 bits per heavy atom. The summed E-state index contributed by atoms with van der Waals surface area (Å²) in [5.74, 6) is 3.54. The summed E-state index contributed by atoms with van der Waals surface area (Å²) < 4.78 is 5.52. The van der Waals surface area contributed by atoms with Gasteiger partial charge in [0, 0.05) is 5.92 Å². The van der Waals surface area contributed by atoms with Crippen molar-refractivity contribution in [1.82, 2.24) is 5.16 Å². The first kappa shape index (κ1) is 12.5. The maximum Gasteiger partial charge on any atom is 0.175 e. The van der Waals surface area contributed by atoms with Gasteiger partial charge in [-0.25, -0.2) is 0 Å². The largest absolute Gasteiger partial charge is 0.380 e. The van der Waals surface area contributed by atoms with Crippen LogP contribution in [0, 0.1) is 11.8 Å². The minimum atomic E-state index is 0.430. The summed E-state index contributed by atoms with van der Waals surface area (Å²) in [4.78, 5) is 0. The highest BCUT2D eigenvalue weighted by molar-refractivity contribution is 6.42. The summed E-state index contributed by atoms with van der Waals surface area (Å²) in [6.07, 6.45) is 3.75. The lowest BCUT2D eigenvalue weighted by atomic mass is 9.94. The van der Waals surface area contributed by atoms with E-state index < -0.39 is 0 Å². The van der Waals surface area contributed by atoms with Gasteiger partial charge in [-0.15, -0.1) is 0 Å². The van der Waals surface area contributed by atoms with E-state index in [1.54, 1.807) is 6.07 Å². The van der Waals surface area contributed by atoms with Gasteiger partial charge in [-0.05, 0) is 48.8 Å². The first-order valence-corrected chi connectivity index (χ1v) is 7.59. The summed E-state index contributed by atoms with van der Waals surface area (Å²) >= 11 is 12.1. The summed E-state index contributed by atoms with van der Waals surface area (Å²) in [6, 6.07) is 5.52. The molecule has 2 aliphatic carbocycles. The first-order chi connectivity index (χ1) is 9.63. The monoisotopic (exact) mass is 308 g/mol. The lowest BCUT2D eigenvalue weighted by molar-refractivity contribution is 0.356. The lowest BCUT2D eigenvalue weighted by Gasteiger charge is -2.10. The third-order valence-electron chi connectivity index (χ3n) is 4.57. The summed E-state index contributed by atoms with van der Waals surface area (Å²) in [5.41, 5.74) is 7.80. The van der Waals surface area contributed by atoms with E-state index in [2.05, 4.69) is 5.16 Å². The summed E-state index contributed by atoms with van der Waals surface area (Å²) in [5, 5.41) is 5.01. The molecule has 2 unspecified atom stereocenters. The third-order valence-corrected chi connectivity index (χ3v) is 5.31. The van der Waals surface area contributed by atoms with Crippen molar-refractivity contribution in [3.63, 3.8) is 0 Å². The SMILES string of the molecule is Nc1noc(C2CC3CC3C2)c1-c1ccc(Cl)c(Cl)c1. The van der Waals surface area contributed by atoms with E-state index in [1.165, 1.54) is 19.3 Å². The van der Waals surface area contributed by atoms with Gasteiger partial charge >= 0.3 is 0 Å². The molecule has 2 fully saturated rings. The number of benzene rings is 1. The highest BCUT2D eigenvalue weighted by Gasteiger charge is 2.48. The molecule has 1 heterocycles. The lowest BCUT2D eigenvalue weighted by Crippen LogP contribution is -1.97. The molecule has 4 rings (SSSR count). The van der Waals surface area contributed by atoms with Crippen LogP contribution in [0.3, 0.4) is 0 Å². The van der Waals surface area contributed by atoms with Gasteiger partial charge in [0.2, 0.25) is 0 Å². The number of rotatable bonds is 2. The number of halogens is 2. The number of nitrogens with two attached hydrogens (primary N) is 1. The minimum absolute atomic E-state index is 0.430. The van der Waals surface area contributed by atoms with Crippen LogP contribution in [-0.4, -0.2) is 5.16 Å². The molecule has 0 bridgehead atoms. The summed E-state index contributed by atoms with van der Waals surface area (Å²) in [7, 11) is 0. The van der Waals surface area contributed by atoms with Crippen molar-refractivity contribution in [3.05, 3.63) is 34.0 Å². The highest BCUT2D eigenvalue weighted by atomic mass is 35.5. The number of hydrogen-bond donors (Lipinski definition) is 1. The molecule has 2 atom stereocenters. The maximum atomic E-state index is 6.10. The van der Waals surface area contributed by atoms with Gasteiger partial charge in [-0.2, -0.15) is 0 Å². The molecule has 0 radical (unpaired) electrons. The topological polar surface area (TPSA) is 52.0 Å². The molecular weight excluding hydrogens is 295 g/mol. The standard InChI is InChI=1S/C15H14Cl2N2O/c16-11-2-1-7(6-12(11)17)13-14(20-19-15(13)18)10-4-8-3-9(8)5-10/h1-2,6,8-10H,3-5H2,(H2,18,19). The second-order valence-corrected chi connectivity index (χ2v) is 6.67. The Labute approximate surface area is 127 Å². The fraction of sp³-hybridized carbons (Fsp3) is 0.400. The predicted octanol–water partition coefficient (Wildman–Crippen LogP) is 4.74. The quantitative estimate of drug-likeness (QED) is 0.871. The van der Waals surface area contributed by atoms with Gasteiger partial charge in [0.25, 0.3) is 0 Å². The Bertz CT molecular complexity index is 673. The molecule has 2 saturated carbocycles. The van der Waals surface area contributed by atoms with Crippen LogP contribution in [-0.2, 0) is 0 Å². The van der Waals surface area contributed by atoms with E-state index in [-0.39, 0.29) is 0 Å². The second-order valence-electron chi connectivity index (χ2n) is 5.86. The fourth-order valence-electron chi connectivity index (χ4n) is 3.47. The fourth-order valence-corrected chi connectivity index (χ4v) is 3.76. The zero-order valence-corrected chi connectivity index (χ0v) is 12.3. The van der Waals surface area contributed by atoms with E-state index >= 15 is 0 Å². The van der Waals surface area contributed by atoms with Crippen molar-refractivity contribution >= 4 is 29.0 Å². The average molecular weight is 309 g/mol. The molecule has 0 amide bonds.